The third-order valence-electron chi connectivity index (χ3n) is 16.3. The number of fused-ring (bicyclic) bond motifs is 8. The van der Waals surface area contributed by atoms with Crippen molar-refractivity contribution in [2.45, 2.75) is 25.3 Å². The molecule has 0 amide bonds. The SMILES string of the molecule is C1=CC(C2CC=C(c3ccccc3)N2c2c3cc(-c4cc5ccccc5c5ccccc45)ccc3c(-n3c(-c4ccccc4)ccc3-c3ccccc3)c3cc(-c4cc5ccccc5c5ccccc45)ccc23)=CCC1. The Kier molecular flexibility index (Phi) is 10.5. The first-order chi connectivity index (χ1) is 37.7. The second-order valence-corrected chi connectivity index (χ2v) is 20.5. The summed E-state index contributed by atoms with van der Waals surface area (Å²) in [6.07, 6.45) is 12.8. The fraction of sp³-hybridized carbons (Fsp3) is 0.0541. The van der Waals surface area contributed by atoms with Gasteiger partial charge in [-0.1, -0.05) is 237 Å². The summed E-state index contributed by atoms with van der Waals surface area (Å²) >= 11 is 0. The van der Waals surface area contributed by atoms with Gasteiger partial charge in [0.1, 0.15) is 0 Å². The lowest BCUT2D eigenvalue weighted by Gasteiger charge is -2.35. The summed E-state index contributed by atoms with van der Waals surface area (Å²) in [5.41, 5.74) is 15.7. The van der Waals surface area contributed by atoms with Gasteiger partial charge in [-0.05, 0) is 143 Å². The van der Waals surface area contributed by atoms with Crippen LogP contribution >= 0.6 is 0 Å². The van der Waals surface area contributed by atoms with E-state index in [0.717, 1.165) is 47.5 Å². The fourth-order valence-corrected chi connectivity index (χ4v) is 12.9. The van der Waals surface area contributed by atoms with Crippen molar-refractivity contribution >= 4 is 76.0 Å². The molecule has 1 aliphatic heterocycles. The molecule has 15 rings (SSSR count). The third kappa shape index (κ3) is 7.17. The number of aromatic nitrogens is 1. The molecular weight excluding hydrogens is 917 g/mol. The van der Waals surface area contributed by atoms with Crippen LogP contribution in [0.25, 0.3) is 121 Å². The van der Waals surface area contributed by atoms with Gasteiger partial charge < -0.3 is 9.47 Å². The van der Waals surface area contributed by atoms with E-state index in [1.807, 2.05) is 0 Å². The normalized spacial score (nSPS) is 14.6. The second-order valence-electron chi connectivity index (χ2n) is 20.5. The van der Waals surface area contributed by atoms with E-state index in [0.29, 0.717) is 0 Å². The molecule has 2 heterocycles. The Morgan fingerprint density at radius 2 is 0.776 bits per heavy atom. The summed E-state index contributed by atoms with van der Waals surface area (Å²) in [4.78, 5) is 2.73. The zero-order valence-corrected chi connectivity index (χ0v) is 42.1. The van der Waals surface area contributed by atoms with Crippen LogP contribution < -0.4 is 4.90 Å². The molecule has 2 nitrogen and oxygen atoms in total. The fourth-order valence-electron chi connectivity index (χ4n) is 12.9. The van der Waals surface area contributed by atoms with Crippen LogP contribution in [-0.4, -0.2) is 10.6 Å². The molecule has 0 spiro atoms. The summed E-state index contributed by atoms with van der Waals surface area (Å²) in [7, 11) is 0. The van der Waals surface area contributed by atoms with E-state index >= 15 is 0 Å². The van der Waals surface area contributed by atoms with E-state index < -0.39 is 0 Å². The number of rotatable bonds is 8. The standard InChI is InChI=1S/C74H52N2/c1-5-21-49(22-6-1)69-41-42-70(50-23-7-2-8-24-50)75(69)73-63-39-37-56(66-46-54-30-14-16-32-58(54)60-34-18-20-36-62(60)66)48-68(63)74(76-71(51-25-9-3-10-26-51)43-44-72(76)52-27-11-4-12-28-52)64-40-38-55(47-67(64)73)65-45-53-29-13-15-31-57(53)59-33-17-19-35-61(59)65/h1-3,5-11,13-43,45-48,72H,4,12,44H2. The molecule has 358 valence electrons. The molecular formula is C74H52N2. The second kappa shape index (κ2) is 18.2. The van der Waals surface area contributed by atoms with Gasteiger partial charge in [-0.2, -0.15) is 0 Å². The lowest BCUT2D eigenvalue weighted by molar-refractivity contribution is 0.796. The maximum absolute atomic E-state index is 2.73. The van der Waals surface area contributed by atoms with E-state index in [1.54, 1.807) is 0 Å². The molecule has 0 saturated heterocycles. The summed E-state index contributed by atoms with van der Waals surface area (Å²) in [6, 6.07) is 92.9. The van der Waals surface area contributed by atoms with Crippen molar-refractivity contribution in [3.63, 3.8) is 0 Å². The van der Waals surface area contributed by atoms with Crippen molar-refractivity contribution < 1.29 is 0 Å². The highest BCUT2D eigenvalue weighted by Crippen LogP contribution is 2.52. The minimum atomic E-state index is 0.0876. The maximum atomic E-state index is 2.73. The van der Waals surface area contributed by atoms with Gasteiger partial charge in [0.05, 0.1) is 28.8 Å². The topological polar surface area (TPSA) is 8.17 Å². The number of allylic oxidation sites excluding steroid dienone is 2. The van der Waals surface area contributed by atoms with E-state index in [4.69, 9.17) is 0 Å². The van der Waals surface area contributed by atoms with Crippen molar-refractivity contribution in [2.24, 2.45) is 0 Å². The Balaban J connectivity index is 1.13. The molecule has 12 aromatic carbocycles. The summed E-state index contributed by atoms with van der Waals surface area (Å²) in [6.45, 7) is 0. The van der Waals surface area contributed by atoms with Gasteiger partial charge >= 0.3 is 0 Å². The molecule has 0 bridgehead atoms. The zero-order valence-electron chi connectivity index (χ0n) is 42.1. The molecule has 1 aromatic heterocycles. The van der Waals surface area contributed by atoms with Crippen molar-refractivity contribution in [2.75, 3.05) is 4.90 Å². The highest BCUT2D eigenvalue weighted by atomic mass is 15.2. The van der Waals surface area contributed by atoms with Crippen LogP contribution in [0.4, 0.5) is 5.69 Å². The van der Waals surface area contributed by atoms with Gasteiger partial charge in [0.25, 0.3) is 0 Å². The minimum absolute atomic E-state index is 0.0876. The predicted molar refractivity (Wildman–Crippen MR) is 324 cm³/mol. The van der Waals surface area contributed by atoms with Gasteiger partial charge in [0.2, 0.25) is 0 Å². The average Bonchev–Trinajstić information content (AvgIpc) is 4.15. The van der Waals surface area contributed by atoms with Gasteiger partial charge in [0.15, 0.2) is 0 Å². The highest BCUT2D eigenvalue weighted by molar-refractivity contribution is 6.23. The summed E-state index contributed by atoms with van der Waals surface area (Å²) in [5.74, 6) is 0. The van der Waals surface area contributed by atoms with Crippen LogP contribution in [0, 0.1) is 0 Å². The highest BCUT2D eigenvalue weighted by Gasteiger charge is 2.34. The van der Waals surface area contributed by atoms with Gasteiger partial charge in [-0.15, -0.1) is 0 Å². The first-order valence-electron chi connectivity index (χ1n) is 26.8. The minimum Gasteiger partial charge on any atom is -0.332 e. The Morgan fingerprint density at radius 1 is 0.316 bits per heavy atom. The average molecular weight is 969 g/mol. The molecule has 0 fully saturated rings. The van der Waals surface area contributed by atoms with Gasteiger partial charge in [-0.3, -0.25) is 0 Å². The van der Waals surface area contributed by atoms with Crippen LogP contribution in [0.1, 0.15) is 24.8 Å². The van der Waals surface area contributed by atoms with E-state index in [9.17, 15) is 0 Å². The van der Waals surface area contributed by atoms with Crippen molar-refractivity contribution in [1.82, 2.24) is 4.57 Å². The molecule has 1 unspecified atom stereocenters. The van der Waals surface area contributed by atoms with Crippen LogP contribution in [0.15, 0.2) is 279 Å². The molecule has 0 radical (unpaired) electrons. The first kappa shape index (κ1) is 44.0. The lowest BCUT2D eigenvalue weighted by Crippen LogP contribution is -2.31. The molecule has 2 heteroatoms. The van der Waals surface area contributed by atoms with Crippen LogP contribution in [0.3, 0.4) is 0 Å². The summed E-state index contributed by atoms with van der Waals surface area (Å²) < 4.78 is 2.58. The molecule has 1 aliphatic carbocycles. The number of benzene rings is 12. The monoisotopic (exact) mass is 968 g/mol. The number of hydrogen-bond donors (Lipinski definition) is 0. The Bertz CT molecular complexity index is 4480. The van der Waals surface area contributed by atoms with Crippen LogP contribution in [0.5, 0.6) is 0 Å². The predicted octanol–water partition coefficient (Wildman–Crippen LogP) is 20.0. The van der Waals surface area contributed by atoms with Gasteiger partial charge in [0, 0.05) is 27.2 Å². The Hall–Kier alpha value is -9.50. The van der Waals surface area contributed by atoms with Crippen LogP contribution in [-0.2, 0) is 0 Å². The largest absolute Gasteiger partial charge is 0.332 e. The van der Waals surface area contributed by atoms with E-state index in [1.165, 1.54) is 109 Å². The number of hydrogen-bond acceptors (Lipinski definition) is 1. The molecule has 2 aliphatic rings. The Morgan fingerprint density at radius 3 is 1.30 bits per heavy atom. The lowest BCUT2D eigenvalue weighted by atomic mass is 9.88. The van der Waals surface area contributed by atoms with Crippen molar-refractivity contribution in [3.05, 3.63) is 284 Å². The number of anilines is 1. The van der Waals surface area contributed by atoms with E-state index in [2.05, 4.69) is 282 Å². The molecule has 76 heavy (non-hydrogen) atoms. The van der Waals surface area contributed by atoms with Crippen LogP contribution in [0.2, 0.25) is 0 Å². The smallest absolute Gasteiger partial charge is 0.0624 e. The maximum Gasteiger partial charge on any atom is 0.0624 e. The molecule has 1 atom stereocenters. The van der Waals surface area contributed by atoms with E-state index in [-0.39, 0.29) is 6.04 Å². The molecule has 0 N–H and O–H groups in total. The van der Waals surface area contributed by atoms with Crippen molar-refractivity contribution in [3.8, 4) is 50.5 Å². The molecule has 0 saturated carbocycles. The number of nitrogens with zero attached hydrogens (tertiary/aromatic N) is 2. The molecule has 13 aromatic rings. The Labute approximate surface area is 443 Å². The van der Waals surface area contributed by atoms with Crippen molar-refractivity contribution in [1.29, 1.82) is 0 Å². The zero-order chi connectivity index (χ0) is 50.1. The quantitative estimate of drug-likeness (QED) is 0.109. The van der Waals surface area contributed by atoms with Gasteiger partial charge in [-0.25, -0.2) is 0 Å². The first-order valence-corrected chi connectivity index (χ1v) is 26.8. The summed E-state index contributed by atoms with van der Waals surface area (Å²) in [5, 5.41) is 14.8. The third-order valence-corrected chi connectivity index (χ3v) is 16.3.